The molecule has 2 heterocycles. The second kappa shape index (κ2) is 8.31. The number of pyridine rings is 1. The molecule has 3 rings (SSSR count). The molecule has 6 nitrogen and oxygen atoms in total. The zero-order valence-corrected chi connectivity index (χ0v) is 14.8. The van der Waals surface area contributed by atoms with E-state index in [0.717, 1.165) is 31.6 Å². The van der Waals surface area contributed by atoms with Crippen molar-refractivity contribution in [2.24, 2.45) is 0 Å². The minimum Gasteiger partial charge on any atom is -0.376 e. The van der Waals surface area contributed by atoms with Crippen molar-refractivity contribution in [3.05, 3.63) is 54.2 Å². The van der Waals surface area contributed by atoms with E-state index in [2.05, 4.69) is 15.0 Å². The molecule has 25 heavy (non-hydrogen) atoms. The summed E-state index contributed by atoms with van der Waals surface area (Å²) in [5, 5.41) is 3.21. The summed E-state index contributed by atoms with van der Waals surface area (Å²) in [5.41, 5.74) is 1.47. The standard InChI is InChI=1S/C18H23N3O3S/c22-25(23,12-10-15-5-2-1-3-6-15)21-16-8-9-18(19-13-16)20-14-17-7-4-11-24-17/h1-3,5-6,8-9,13,17,21H,4,7,10-12,14H2,(H,19,20). The van der Waals surface area contributed by atoms with Crippen molar-refractivity contribution in [2.75, 3.05) is 28.9 Å². The lowest BCUT2D eigenvalue weighted by Gasteiger charge is -2.12. The van der Waals surface area contributed by atoms with Gasteiger partial charge in [-0.3, -0.25) is 4.72 Å². The van der Waals surface area contributed by atoms with E-state index in [0.29, 0.717) is 17.9 Å². The molecule has 1 aromatic carbocycles. The number of anilines is 2. The monoisotopic (exact) mass is 361 g/mol. The van der Waals surface area contributed by atoms with Crippen molar-refractivity contribution in [1.82, 2.24) is 4.98 Å². The Bertz CT molecular complexity index is 758. The number of aryl methyl sites for hydroxylation is 1. The van der Waals surface area contributed by atoms with Crippen LogP contribution in [-0.2, 0) is 21.2 Å². The zero-order chi connectivity index (χ0) is 17.5. The van der Waals surface area contributed by atoms with Crippen LogP contribution in [-0.4, -0.2) is 38.4 Å². The highest BCUT2D eigenvalue weighted by molar-refractivity contribution is 7.92. The van der Waals surface area contributed by atoms with Gasteiger partial charge in [-0.1, -0.05) is 30.3 Å². The Hall–Kier alpha value is -2.12. The average molecular weight is 361 g/mol. The Balaban J connectivity index is 1.49. The van der Waals surface area contributed by atoms with Gasteiger partial charge in [0.25, 0.3) is 0 Å². The highest BCUT2D eigenvalue weighted by Gasteiger charge is 2.15. The van der Waals surface area contributed by atoms with Crippen LogP contribution < -0.4 is 10.0 Å². The summed E-state index contributed by atoms with van der Waals surface area (Å²) >= 11 is 0. The number of benzene rings is 1. The van der Waals surface area contributed by atoms with E-state index < -0.39 is 10.0 Å². The maximum Gasteiger partial charge on any atom is 0.233 e. The van der Waals surface area contributed by atoms with Crippen molar-refractivity contribution in [2.45, 2.75) is 25.4 Å². The molecule has 1 aliphatic rings. The van der Waals surface area contributed by atoms with Gasteiger partial charge in [0.05, 0.1) is 23.7 Å². The summed E-state index contributed by atoms with van der Waals surface area (Å²) in [6, 6.07) is 13.0. The van der Waals surface area contributed by atoms with E-state index in [1.54, 1.807) is 12.1 Å². The molecule has 134 valence electrons. The van der Waals surface area contributed by atoms with Crippen LogP contribution >= 0.6 is 0 Å². The van der Waals surface area contributed by atoms with Gasteiger partial charge >= 0.3 is 0 Å². The second-order valence-electron chi connectivity index (χ2n) is 6.10. The number of hydrogen-bond acceptors (Lipinski definition) is 5. The molecule has 7 heteroatoms. The Morgan fingerprint density at radius 1 is 1.16 bits per heavy atom. The first-order valence-electron chi connectivity index (χ1n) is 8.47. The number of nitrogens with zero attached hydrogens (tertiary/aromatic N) is 1. The van der Waals surface area contributed by atoms with Crippen molar-refractivity contribution in [3.8, 4) is 0 Å². The van der Waals surface area contributed by atoms with Crippen LogP contribution in [0.4, 0.5) is 11.5 Å². The first-order chi connectivity index (χ1) is 12.1. The molecule has 1 saturated heterocycles. The summed E-state index contributed by atoms with van der Waals surface area (Å²) in [4.78, 5) is 4.25. The maximum absolute atomic E-state index is 12.2. The average Bonchev–Trinajstić information content (AvgIpc) is 3.14. The molecule has 0 spiro atoms. The van der Waals surface area contributed by atoms with Gasteiger partial charge in [-0.05, 0) is 37.0 Å². The van der Waals surface area contributed by atoms with Gasteiger partial charge in [-0.2, -0.15) is 0 Å². The SMILES string of the molecule is O=S(=O)(CCc1ccccc1)Nc1ccc(NCC2CCCO2)nc1. The molecule has 2 N–H and O–H groups in total. The molecule has 1 aromatic heterocycles. The van der Waals surface area contributed by atoms with Crippen LogP contribution in [0.5, 0.6) is 0 Å². The second-order valence-corrected chi connectivity index (χ2v) is 7.95. The van der Waals surface area contributed by atoms with Gasteiger partial charge in [0, 0.05) is 13.2 Å². The molecule has 0 aliphatic carbocycles. The molecule has 2 aromatic rings. The summed E-state index contributed by atoms with van der Waals surface area (Å²) in [6.07, 6.45) is 4.40. The Morgan fingerprint density at radius 2 is 2.00 bits per heavy atom. The van der Waals surface area contributed by atoms with Crippen LogP contribution in [0, 0.1) is 0 Å². The van der Waals surface area contributed by atoms with Gasteiger partial charge in [0.15, 0.2) is 0 Å². The van der Waals surface area contributed by atoms with E-state index in [-0.39, 0.29) is 11.9 Å². The molecule has 0 bridgehead atoms. The maximum atomic E-state index is 12.2. The smallest absolute Gasteiger partial charge is 0.233 e. The Morgan fingerprint density at radius 3 is 2.68 bits per heavy atom. The Kier molecular flexibility index (Phi) is 5.88. The highest BCUT2D eigenvalue weighted by atomic mass is 32.2. The third kappa shape index (κ3) is 5.72. The predicted molar refractivity (Wildman–Crippen MR) is 99.3 cm³/mol. The van der Waals surface area contributed by atoms with Crippen LogP contribution in [0.25, 0.3) is 0 Å². The summed E-state index contributed by atoms with van der Waals surface area (Å²) in [5.74, 6) is 0.749. The molecule has 0 radical (unpaired) electrons. The topological polar surface area (TPSA) is 80.3 Å². The fraction of sp³-hybridized carbons (Fsp3) is 0.389. The molecule has 1 aliphatic heterocycles. The lowest BCUT2D eigenvalue weighted by Crippen LogP contribution is -2.19. The molecular formula is C18H23N3O3S. The lowest BCUT2D eigenvalue weighted by molar-refractivity contribution is 0.120. The third-order valence-electron chi connectivity index (χ3n) is 4.07. The number of ether oxygens (including phenoxy) is 1. The van der Waals surface area contributed by atoms with E-state index in [9.17, 15) is 8.42 Å². The predicted octanol–water partition coefficient (Wildman–Crippen LogP) is 2.66. The quantitative estimate of drug-likeness (QED) is 0.756. The van der Waals surface area contributed by atoms with Crippen LogP contribution in [0.3, 0.4) is 0 Å². The van der Waals surface area contributed by atoms with Crippen LogP contribution in [0.15, 0.2) is 48.7 Å². The molecule has 1 atom stereocenters. The van der Waals surface area contributed by atoms with Crippen molar-refractivity contribution in [1.29, 1.82) is 0 Å². The van der Waals surface area contributed by atoms with Crippen molar-refractivity contribution < 1.29 is 13.2 Å². The fourth-order valence-electron chi connectivity index (χ4n) is 2.71. The van der Waals surface area contributed by atoms with Crippen molar-refractivity contribution >= 4 is 21.5 Å². The molecular weight excluding hydrogens is 338 g/mol. The third-order valence-corrected chi connectivity index (χ3v) is 5.36. The lowest BCUT2D eigenvalue weighted by atomic mass is 10.2. The fourth-order valence-corrected chi connectivity index (χ4v) is 3.80. The van der Waals surface area contributed by atoms with Gasteiger partial charge in [-0.25, -0.2) is 13.4 Å². The summed E-state index contributed by atoms with van der Waals surface area (Å²) in [7, 11) is -3.40. The first-order valence-corrected chi connectivity index (χ1v) is 10.1. The summed E-state index contributed by atoms with van der Waals surface area (Å²) < 4.78 is 32.5. The minimum atomic E-state index is -3.40. The van der Waals surface area contributed by atoms with Gasteiger partial charge in [0.1, 0.15) is 5.82 Å². The van der Waals surface area contributed by atoms with E-state index in [1.165, 1.54) is 6.20 Å². The minimum absolute atomic E-state index is 0.0377. The van der Waals surface area contributed by atoms with Gasteiger partial charge in [0.2, 0.25) is 10.0 Å². The largest absolute Gasteiger partial charge is 0.376 e. The number of rotatable bonds is 8. The van der Waals surface area contributed by atoms with Crippen LogP contribution in [0.1, 0.15) is 18.4 Å². The van der Waals surface area contributed by atoms with Gasteiger partial charge in [-0.15, -0.1) is 0 Å². The number of aromatic nitrogens is 1. The molecule has 1 fully saturated rings. The number of hydrogen-bond donors (Lipinski definition) is 2. The van der Waals surface area contributed by atoms with Crippen molar-refractivity contribution in [3.63, 3.8) is 0 Å². The van der Waals surface area contributed by atoms with E-state index in [4.69, 9.17) is 4.74 Å². The molecule has 0 saturated carbocycles. The number of nitrogens with one attached hydrogen (secondary N) is 2. The summed E-state index contributed by atoms with van der Waals surface area (Å²) in [6.45, 7) is 1.54. The Labute approximate surface area is 148 Å². The highest BCUT2D eigenvalue weighted by Crippen LogP contribution is 2.15. The molecule has 0 amide bonds. The normalized spacial score (nSPS) is 17.4. The number of sulfonamides is 1. The van der Waals surface area contributed by atoms with Crippen LogP contribution in [0.2, 0.25) is 0 Å². The van der Waals surface area contributed by atoms with E-state index >= 15 is 0 Å². The first kappa shape index (κ1) is 17.7. The van der Waals surface area contributed by atoms with Gasteiger partial charge < -0.3 is 10.1 Å². The zero-order valence-electron chi connectivity index (χ0n) is 14.0. The van der Waals surface area contributed by atoms with E-state index in [1.807, 2.05) is 30.3 Å². The molecule has 1 unspecified atom stereocenters.